The van der Waals surface area contributed by atoms with Gasteiger partial charge in [-0.05, 0) is 48.2 Å². The SMILES string of the molecule is CCCC1CN(C(Cc2ccc(Cl)cc2)C(=O)NCCF)CCN1C(=O)C(Cc1ccc(F)cc1)NC(=O)C(F)(F)F. The van der Waals surface area contributed by atoms with Gasteiger partial charge in [0.25, 0.3) is 0 Å². The van der Waals surface area contributed by atoms with E-state index in [1.54, 1.807) is 24.3 Å². The lowest BCUT2D eigenvalue weighted by Gasteiger charge is -2.45. The molecule has 0 aromatic heterocycles. The first-order valence-corrected chi connectivity index (χ1v) is 14.1. The van der Waals surface area contributed by atoms with Crippen LogP contribution in [-0.4, -0.2) is 84.7 Å². The zero-order valence-electron chi connectivity index (χ0n) is 23.1. The third-order valence-corrected chi connectivity index (χ3v) is 7.36. The molecule has 3 amide bonds. The summed E-state index contributed by atoms with van der Waals surface area (Å²) in [7, 11) is 0. The van der Waals surface area contributed by atoms with Gasteiger partial charge in [0.15, 0.2) is 0 Å². The number of hydrogen-bond acceptors (Lipinski definition) is 4. The number of nitrogens with one attached hydrogen (secondary N) is 2. The Hall–Kier alpha value is -3.25. The zero-order valence-corrected chi connectivity index (χ0v) is 23.9. The van der Waals surface area contributed by atoms with Crippen molar-refractivity contribution in [3.63, 3.8) is 0 Å². The minimum Gasteiger partial charge on any atom is -0.352 e. The van der Waals surface area contributed by atoms with Gasteiger partial charge in [-0.1, -0.05) is 49.2 Å². The van der Waals surface area contributed by atoms with Gasteiger partial charge in [-0.15, -0.1) is 0 Å². The largest absolute Gasteiger partial charge is 0.471 e. The highest BCUT2D eigenvalue weighted by molar-refractivity contribution is 6.30. The van der Waals surface area contributed by atoms with E-state index in [1.807, 2.05) is 17.1 Å². The molecule has 1 fully saturated rings. The minimum atomic E-state index is -5.20. The van der Waals surface area contributed by atoms with Crippen molar-refractivity contribution in [3.8, 4) is 0 Å². The highest BCUT2D eigenvalue weighted by Crippen LogP contribution is 2.23. The fourth-order valence-electron chi connectivity index (χ4n) is 5.05. The average Bonchev–Trinajstić information content (AvgIpc) is 2.95. The van der Waals surface area contributed by atoms with Crippen molar-refractivity contribution < 1.29 is 36.3 Å². The van der Waals surface area contributed by atoms with E-state index >= 15 is 0 Å². The molecule has 42 heavy (non-hydrogen) atoms. The summed E-state index contributed by atoms with van der Waals surface area (Å²) in [6.07, 6.45) is -4.07. The van der Waals surface area contributed by atoms with E-state index in [1.165, 1.54) is 17.0 Å². The van der Waals surface area contributed by atoms with Crippen LogP contribution < -0.4 is 10.6 Å². The fourth-order valence-corrected chi connectivity index (χ4v) is 5.17. The number of nitrogens with zero attached hydrogens (tertiary/aromatic N) is 2. The van der Waals surface area contributed by atoms with Gasteiger partial charge in [-0.25, -0.2) is 8.78 Å². The third-order valence-electron chi connectivity index (χ3n) is 7.11. The summed E-state index contributed by atoms with van der Waals surface area (Å²) in [4.78, 5) is 42.0. The van der Waals surface area contributed by atoms with Crippen molar-refractivity contribution in [2.75, 3.05) is 32.9 Å². The molecule has 230 valence electrons. The maximum atomic E-state index is 13.7. The Morgan fingerprint density at radius 1 is 1.00 bits per heavy atom. The molecule has 2 N–H and O–H groups in total. The molecule has 7 nitrogen and oxygen atoms in total. The number of carbonyl (C=O) groups is 3. The smallest absolute Gasteiger partial charge is 0.352 e. The second kappa shape index (κ2) is 15.3. The zero-order chi connectivity index (χ0) is 30.9. The molecule has 0 saturated carbocycles. The van der Waals surface area contributed by atoms with E-state index < -0.39 is 48.6 Å². The molecule has 1 saturated heterocycles. The van der Waals surface area contributed by atoms with Gasteiger partial charge in [0.05, 0.1) is 6.04 Å². The lowest BCUT2D eigenvalue weighted by atomic mass is 9.98. The second-order valence-corrected chi connectivity index (χ2v) is 10.6. The van der Waals surface area contributed by atoms with Crippen LogP contribution in [0.25, 0.3) is 0 Å². The molecular formula is C29H34ClF5N4O3. The first-order valence-electron chi connectivity index (χ1n) is 13.7. The van der Waals surface area contributed by atoms with E-state index in [2.05, 4.69) is 5.32 Å². The molecule has 3 atom stereocenters. The Balaban J connectivity index is 1.84. The third kappa shape index (κ3) is 9.38. The summed E-state index contributed by atoms with van der Waals surface area (Å²) in [5, 5.41) is 4.93. The van der Waals surface area contributed by atoms with Gasteiger partial charge in [-0.3, -0.25) is 19.3 Å². The Labute approximate surface area is 246 Å². The van der Waals surface area contributed by atoms with Crippen LogP contribution in [0.4, 0.5) is 22.0 Å². The van der Waals surface area contributed by atoms with Crippen LogP contribution in [-0.2, 0) is 27.2 Å². The number of benzene rings is 2. The van der Waals surface area contributed by atoms with Crippen molar-refractivity contribution in [1.29, 1.82) is 0 Å². The topological polar surface area (TPSA) is 81.8 Å². The molecule has 3 unspecified atom stereocenters. The molecule has 1 heterocycles. The predicted octanol–water partition coefficient (Wildman–Crippen LogP) is 4.08. The number of alkyl halides is 4. The number of amides is 3. The Kier molecular flexibility index (Phi) is 12.1. The molecular weight excluding hydrogens is 583 g/mol. The van der Waals surface area contributed by atoms with Gasteiger partial charge >= 0.3 is 12.1 Å². The van der Waals surface area contributed by atoms with E-state index in [9.17, 15) is 36.3 Å². The fraction of sp³-hybridized carbons (Fsp3) is 0.483. The minimum absolute atomic E-state index is 0.0822. The van der Waals surface area contributed by atoms with Crippen LogP contribution in [0.1, 0.15) is 30.9 Å². The summed E-state index contributed by atoms with van der Waals surface area (Å²) in [6, 6.07) is 9.16. The van der Waals surface area contributed by atoms with Gasteiger partial charge in [0.2, 0.25) is 11.8 Å². The standard InChI is InChI=1S/C29H34ClF5N4O3/c1-2-3-23-18-38(25(26(40)36-13-12-31)17-20-4-8-21(30)9-5-20)14-15-39(23)27(41)24(37-28(42)29(33,34)35)16-19-6-10-22(32)11-7-19/h4-11,23-25H,2-3,12-18H2,1H3,(H,36,40)(H,37,42). The number of piperazine rings is 1. The van der Waals surface area contributed by atoms with Crippen molar-refractivity contribution in [1.82, 2.24) is 20.4 Å². The molecule has 0 radical (unpaired) electrons. The summed E-state index contributed by atoms with van der Waals surface area (Å²) < 4.78 is 65.7. The first-order chi connectivity index (χ1) is 19.9. The summed E-state index contributed by atoms with van der Waals surface area (Å²) in [5.74, 6) is -3.89. The van der Waals surface area contributed by atoms with Crippen LogP contribution >= 0.6 is 11.6 Å². The van der Waals surface area contributed by atoms with E-state index in [4.69, 9.17) is 11.6 Å². The molecule has 0 spiro atoms. The first kappa shape index (κ1) is 33.3. The molecule has 1 aliphatic heterocycles. The Morgan fingerprint density at radius 2 is 1.62 bits per heavy atom. The maximum absolute atomic E-state index is 13.7. The van der Waals surface area contributed by atoms with Gasteiger partial charge in [0.1, 0.15) is 18.5 Å². The van der Waals surface area contributed by atoms with Crippen LogP contribution in [0.15, 0.2) is 48.5 Å². The van der Waals surface area contributed by atoms with E-state index in [0.29, 0.717) is 23.4 Å². The van der Waals surface area contributed by atoms with Crippen molar-refractivity contribution in [2.24, 2.45) is 0 Å². The molecule has 0 bridgehead atoms. The average molecular weight is 617 g/mol. The van der Waals surface area contributed by atoms with Crippen LogP contribution in [0.2, 0.25) is 5.02 Å². The van der Waals surface area contributed by atoms with Crippen LogP contribution in [0.5, 0.6) is 0 Å². The van der Waals surface area contributed by atoms with Crippen molar-refractivity contribution >= 4 is 29.3 Å². The number of carbonyl (C=O) groups excluding carboxylic acids is 3. The Bertz CT molecular complexity index is 1200. The summed E-state index contributed by atoms with van der Waals surface area (Å²) in [5.41, 5.74) is 1.19. The van der Waals surface area contributed by atoms with Gasteiger partial charge < -0.3 is 15.5 Å². The highest BCUT2D eigenvalue weighted by atomic mass is 35.5. The summed E-state index contributed by atoms with van der Waals surface area (Å²) >= 11 is 5.99. The number of hydrogen-bond donors (Lipinski definition) is 2. The highest BCUT2D eigenvalue weighted by Gasteiger charge is 2.43. The van der Waals surface area contributed by atoms with Crippen LogP contribution in [0, 0.1) is 5.82 Å². The normalized spacial score (nSPS) is 17.4. The Morgan fingerprint density at radius 3 is 2.21 bits per heavy atom. The summed E-state index contributed by atoms with van der Waals surface area (Å²) in [6.45, 7) is 1.53. The van der Waals surface area contributed by atoms with Crippen molar-refractivity contribution in [2.45, 2.75) is 56.9 Å². The molecule has 0 aliphatic carbocycles. The molecule has 2 aromatic rings. The number of rotatable bonds is 12. The van der Waals surface area contributed by atoms with Gasteiger partial charge in [-0.2, -0.15) is 13.2 Å². The second-order valence-electron chi connectivity index (χ2n) is 10.1. The van der Waals surface area contributed by atoms with E-state index in [0.717, 1.165) is 17.7 Å². The number of halogens is 6. The lowest BCUT2D eigenvalue weighted by Crippen LogP contribution is -2.63. The molecule has 2 aromatic carbocycles. The van der Waals surface area contributed by atoms with Crippen LogP contribution in [0.3, 0.4) is 0 Å². The lowest BCUT2D eigenvalue weighted by molar-refractivity contribution is -0.175. The van der Waals surface area contributed by atoms with E-state index in [-0.39, 0.29) is 44.9 Å². The molecule has 1 aliphatic rings. The predicted molar refractivity (Wildman–Crippen MR) is 148 cm³/mol. The quantitative estimate of drug-likeness (QED) is 0.352. The maximum Gasteiger partial charge on any atom is 0.471 e. The molecule has 13 heteroatoms. The van der Waals surface area contributed by atoms with Gasteiger partial charge in [0, 0.05) is 43.7 Å². The van der Waals surface area contributed by atoms with Crippen molar-refractivity contribution in [3.05, 3.63) is 70.5 Å². The monoisotopic (exact) mass is 616 g/mol. The molecule has 3 rings (SSSR count).